The van der Waals surface area contributed by atoms with Gasteiger partial charge in [-0.05, 0) is 37.8 Å². The van der Waals surface area contributed by atoms with Crippen LogP contribution in [0.4, 0.5) is 4.79 Å². The highest BCUT2D eigenvalue weighted by atomic mass is 16.6. The molecule has 134 valence electrons. The Bertz CT molecular complexity index is 661. The van der Waals surface area contributed by atoms with Crippen molar-refractivity contribution >= 4 is 11.9 Å². The molecule has 0 spiro atoms. The van der Waals surface area contributed by atoms with Crippen LogP contribution in [0, 0.1) is 0 Å². The van der Waals surface area contributed by atoms with E-state index in [0.717, 1.165) is 31.2 Å². The number of Topliss-reactive ketones (excluding diaryl/α,β-unsaturated/α-hetero) is 1. The third-order valence-electron chi connectivity index (χ3n) is 4.49. The van der Waals surface area contributed by atoms with Crippen LogP contribution in [0.3, 0.4) is 0 Å². The molecule has 4 heteroatoms. The minimum Gasteiger partial charge on any atom is -0.447 e. The highest BCUT2D eigenvalue weighted by molar-refractivity contribution is 6.09. The predicted molar refractivity (Wildman–Crippen MR) is 99.0 cm³/mol. The first-order chi connectivity index (χ1) is 12.1. The van der Waals surface area contributed by atoms with Crippen molar-refractivity contribution in [2.24, 2.45) is 0 Å². The Morgan fingerprint density at radius 1 is 1.28 bits per heavy atom. The molecule has 1 aliphatic rings. The maximum Gasteiger partial charge on any atom is 0.415 e. The minimum atomic E-state index is -0.451. The highest BCUT2D eigenvalue weighted by Gasteiger charge is 2.38. The van der Waals surface area contributed by atoms with Crippen LogP contribution in [0.15, 0.2) is 53.8 Å². The van der Waals surface area contributed by atoms with E-state index in [4.69, 9.17) is 4.74 Å². The summed E-state index contributed by atoms with van der Waals surface area (Å²) in [6, 6.07) is 9.45. The van der Waals surface area contributed by atoms with Crippen LogP contribution in [-0.4, -0.2) is 23.4 Å². The summed E-state index contributed by atoms with van der Waals surface area (Å²) in [6.45, 7) is 6.01. The maximum atomic E-state index is 12.9. The molecule has 1 heterocycles. The monoisotopic (exact) mass is 341 g/mol. The molecular weight excluding hydrogens is 314 g/mol. The largest absolute Gasteiger partial charge is 0.447 e. The number of ether oxygens (including phenoxy) is 1. The van der Waals surface area contributed by atoms with E-state index in [-0.39, 0.29) is 18.4 Å². The number of hydrogen-bond donors (Lipinski definition) is 0. The number of unbranched alkanes of at least 4 members (excludes halogenated alkanes) is 3. The first kappa shape index (κ1) is 19.0. The summed E-state index contributed by atoms with van der Waals surface area (Å²) in [4.78, 5) is 26.8. The Balaban J connectivity index is 2.35. The van der Waals surface area contributed by atoms with Gasteiger partial charge >= 0.3 is 6.09 Å². The van der Waals surface area contributed by atoms with Crippen molar-refractivity contribution in [3.8, 4) is 0 Å². The van der Waals surface area contributed by atoms with E-state index in [0.29, 0.717) is 11.3 Å². The van der Waals surface area contributed by atoms with Crippen molar-refractivity contribution < 1.29 is 14.3 Å². The first-order valence-electron chi connectivity index (χ1n) is 8.98. The number of ketones is 1. The zero-order valence-corrected chi connectivity index (χ0v) is 15.3. The molecule has 25 heavy (non-hydrogen) atoms. The topological polar surface area (TPSA) is 46.6 Å². The number of benzene rings is 1. The van der Waals surface area contributed by atoms with Crippen molar-refractivity contribution in [3.05, 3.63) is 59.3 Å². The van der Waals surface area contributed by atoms with E-state index in [9.17, 15) is 9.59 Å². The number of nitrogens with zero attached hydrogens (tertiary/aromatic N) is 1. The van der Waals surface area contributed by atoms with E-state index in [1.165, 1.54) is 4.90 Å². The molecule has 1 saturated heterocycles. The molecule has 1 aromatic carbocycles. The fraction of sp³-hybridized carbons (Fsp3) is 0.429. The Morgan fingerprint density at radius 3 is 2.64 bits per heavy atom. The van der Waals surface area contributed by atoms with Gasteiger partial charge in [0.2, 0.25) is 5.78 Å². The van der Waals surface area contributed by atoms with Gasteiger partial charge in [-0.15, -0.1) is 0 Å². The Labute approximate surface area is 150 Å². The summed E-state index contributed by atoms with van der Waals surface area (Å²) in [7, 11) is 0. The molecule has 0 N–H and O–H groups in total. The lowest BCUT2D eigenvalue weighted by molar-refractivity contribution is -0.113. The molecule has 4 nitrogen and oxygen atoms in total. The van der Waals surface area contributed by atoms with Crippen molar-refractivity contribution in [1.29, 1.82) is 0 Å². The summed E-state index contributed by atoms with van der Waals surface area (Å²) in [5, 5.41) is 0. The van der Waals surface area contributed by atoms with Gasteiger partial charge in [-0.3, -0.25) is 9.69 Å². The van der Waals surface area contributed by atoms with Gasteiger partial charge in [-0.1, -0.05) is 62.2 Å². The predicted octanol–water partition coefficient (Wildman–Crippen LogP) is 5.18. The average molecular weight is 341 g/mol. The van der Waals surface area contributed by atoms with E-state index in [2.05, 4.69) is 6.92 Å². The Hall–Kier alpha value is -2.36. The lowest BCUT2D eigenvalue weighted by Gasteiger charge is -2.24. The molecular formula is C21H27NO3. The summed E-state index contributed by atoms with van der Waals surface area (Å²) < 4.78 is 5.28. The number of amides is 1. The van der Waals surface area contributed by atoms with Crippen LogP contribution in [-0.2, 0) is 9.53 Å². The fourth-order valence-electron chi connectivity index (χ4n) is 2.87. The number of cyclic esters (lactones) is 1. The average Bonchev–Trinajstić information content (AvgIpc) is 3.02. The van der Waals surface area contributed by atoms with E-state index >= 15 is 0 Å². The zero-order chi connectivity index (χ0) is 18.2. The van der Waals surface area contributed by atoms with Crippen LogP contribution in [0.5, 0.6) is 0 Å². The van der Waals surface area contributed by atoms with Crippen molar-refractivity contribution in [2.75, 3.05) is 6.61 Å². The molecule has 0 saturated carbocycles. The quantitative estimate of drug-likeness (QED) is 0.483. The molecule has 0 radical (unpaired) electrons. The molecule has 0 aliphatic carbocycles. The van der Waals surface area contributed by atoms with Crippen molar-refractivity contribution in [3.63, 3.8) is 0 Å². The summed E-state index contributed by atoms with van der Waals surface area (Å²) in [5.41, 5.74) is 2.04. The first-order valence-corrected chi connectivity index (χ1v) is 8.98. The molecule has 0 bridgehead atoms. The molecule has 1 aromatic rings. The molecule has 1 amide bonds. The van der Waals surface area contributed by atoms with Crippen LogP contribution in [0.2, 0.25) is 0 Å². The second kappa shape index (κ2) is 9.21. The standard InChI is InChI=1S/C21H27NO3/c1-4-6-7-11-14-18(20(23)16(3)5-2)22-19(15-25-21(22)24)17-12-9-8-10-13-17/h5,8-10,12-14,19H,4,6-7,11,15H2,1-3H3/b16-5+,18-14+/t19-/m1/s1. The van der Waals surface area contributed by atoms with Gasteiger partial charge in [0, 0.05) is 0 Å². The lowest BCUT2D eigenvalue weighted by Crippen LogP contribution is -2.31. The molecule has 1 fully saturated rings. The summed E-state index contributed by atoms with van der Waals surface area (Å²) in [6.07, 6.45) is 7.22. The van der Waals surface area contributed by atoms with Gasteiger partial charge in [0.15, 0.2) is 0 Å². The third-order valence-corrected chi connectivity index (χ3v) is 4.49. The fourth-order valence-corrected chi connectivity index (χ4v) is 2.87. The normalized spacial score (nSPS) is 18.4. The molecule has 1 aliphatic heterocycles. The molecule has 2 rings (SSSR count). The van der Waals surface area contributed by atoms with E-state index < -0.39 is 6.09 Å². The summed E-state index contributed by atoms with van der Waals surface area (Å²) >= 11 is 0. The minimum absolute atomic E-state index is 0.112. The van der Waals surface area contributed by atoms with Gasteiger partial charge < -0.3 is 4.74 Å². The van der Waals surface area contributed by atoms with E-state index in [1.807, 2.05) is 43.3 Å². The Kier molecular flexibility index (Phi) is 6.99. The summed E-state index contributed by atoms with van der Waals surface area (Å²) in [5.74, 6) is -0.112. The second-order valence-corrected chi connectivity index (χ2v) is 6.26. The molecule has 0 aromatic heterocycles. The van der Waals surface area contributed by atoms with Crippen LogP contribution < -0.4 is 0 Å². The van der Waals surface area contributed by atoms with Crippen molar-refractivity contribution in [2.45, 2.75) is 52.5 Å². The number of allylic oxidation sites excluding steroid dienone is 3. The van der Waals surface area contributed by atoms with Crippen LogP contribution >= 0.6 is 0 Å². The number of carbonyl (C=O) groups excluding carboxylic acids is 2. The van der Waals surface area contributed by atoms with E-state index in [1.54, 1.807) is 13.0 Å². The van der Waals surface area contributed by atoms with Gasteiger partial charge in [-0.25, -0.2) is 4.79 Å². The second-order valence-electron chi connectivity index (χ2n) is 6.26. The third kappa shape index (κ3) is 4.59. The van der Waals surface area contributed by atoms with Crippen LogP contribution in [0.25, 0.3) is 0 Å². The molecule has 1 atom stereocenters. The number of hydrogen-bond acceptors (Lipinski definition) is 3. The lowest BCUT2D eigenvalue weighted by atomic mass is 10.0. The van der Waals surface area contributed by atoms with Crippen molar-refractivity contribution in [1.82, 2.24) is 4.90 Å². The Morgan fingerprint density at radius 2 is 2.00 bits per heavy atom. The maximum absolute atomic E-state index is 12.9. The SMILES string of the molecule is C/C=C(\C)C(=O)/C(=C\CCCCC)N1C(=O)OC[C@@H]1c1ccccc1. The van der Waals surface area contributed by atoms with Gasteiger partial charge in [0.1, 0.15) is 6.61 Å². The van der Waals surface area contributed by atoms with Gasteiger partial charge in [-0.2, -0.15) is 0 Å². The van der Waals surface area contributed by atoms with Gasteiger partial charge in [0.05, 0.1) is 11.7 Å². The smallest absolute Gasteiger partial charge is 0.415 e. The molecule has 0 unspecified atom stereocenters. The number of rotatable bonds is 8. The zero-order valence-electron chi connectivity index (χ0n) is 15.3. The van der Waals surface area contributed by atoms with Crippen LogP contribution in [0.1, 0.15) is 58.1 Å². The van der Waals surface area contributed by atoms with Gasteiger partial charge in [0.25, 0.3) is 0 Å². The number of carbonyl (C=O) groups is 2. The highest BCUT2D eigenvalue weighted by Crippen LogP contribution is 2.32.